The lowest BCUT2D eigenvalue weighted by Gasteiger charge is -2.34. The maximum Gasteiger partial charge on any atom is 0.323 e. The van der Waals surface area contributed by atoms with Crippen molar-refractivity contribution in [2.24, 2.45) is 5.92 Å². The number of para-hydroxylation sites is 2. The van der Waals surface area contributed by atoms with E-state index in [9.17, 15) is 9.59 Å². The molecule has 7 nitrogen and oxygen atoms in total. The molecule has 2 aromatic rings. The van der Waals surface area contributed by atoms with E-state index in [1.165, 1.54) is 6.42 Å². The number of hydrogen-bond acceptors (Lipinski definition) is 4. The number of carbonyl (C=O) groups is 2. The average molecular weight is 465 g/mol. The van der Waals surface area contributed by atoms with Gasteiger partial charge >= 0.3 is 6.03 Å². The van der Waals surface area contributed by atoms with Crippen molar-refractivity contribution in [1.29, 1.82) is 0 Å². The number of carbonyl (C=O) groups excluding carboxylic acids is 2. The standard InChI is InChI=1S/C27H36N4O3/c1-3-34-25-10-6-5-9-23(25)29-27(33)28-21-11-12-24(30-15-7-4-8-16-30)22(19-21)26(32)31-17-13-20(2)14-18-31/h5-6,9-12,19-20H,3-4,7-8,13-18H2,1-2H3,(H2,28,29,33). The molecule has 0 saturated carbocycles. The van der Waals surface area contributed by atoms with Gasteiger partial charge < -0.3 is 25.2 Å². The van der Waals surface area contributed by atoms with Crippen molar-refractivity contribution in [3.05, 3.63) is 48.0 Å². The average Bonchev–Trinajstić information content (AvgIpc) is 2.86. The Bertz CT molecular complexity index is 995. The van der Waals surface area contributed by atoms with E-state index < -0.39 is 0 Å². The predicted octanol–water partition coefficient (Wildman–Crippen LogP) is 5.59. The number of nitrogens with zero attached hydrogens (tertiary/aromatic N) is 2. The maximum atomic E-state index is 13.6. The second-order valence-electron chi connectivity index (χ2n) is 9.26. The zero-order valence-electron chi connectivity index (χ0n) is 20.3. The van der Waals surface area contributed by atoms with Gasteiger partial charge in [-0.05, 0) is 75.3 Å². The Labute approximate surface area is 202 Å². The van der Waals surface area contributed by atoms with Gasteiger partial charge in [-0.25, -0.2) is 4.79 Å². The lowest BCUT2D eigenvalue weighted by atomic mass is 9.98. The summed E-state index contributed by atoms with van der Waals surface area (Å²) >= 11 is 0. The second-order valence-corrected chi connectivity index (χ2v) is 9.26. The lowest BCUT2D eigenvalue weighted by molar-refractivity contribution is 0.0697. The molecule has 0 spiro atoms. The first-order valence-corrected chi connectivity index (χ1v) is 12.5. The molecule has 4 rings (SSSR count). The second kappa shape index (κ2) is 11.3. The molecule has 0 bridgehead atoms. The molecule has 0 radical (unpaired) electrons. The number of anilines is 3. The lowest BCUT2D eigenvalue weighted by Crippen LogP contribution is -2.39. The molecule has 0 aliphatic carbocycles. The fourth-order valence-corrected chi connectivity index (χ4v) is 4.71. The number of likely N-dealkylation sites (tertiary alicyclic amines) is 1. The number of urea groups is 1. The molecule has 2 aliphatic heterocycles. The molecule has 34 heavy (non-hydrogen) atoms. The van der Waals surface area contributed by atoms with E-state index in [2.05, 4.69) is 22.5 Å². The van der Waals surface area contributed by atoms with Gasteiger partial charge in [-0.3, -0.25) is 4.79 Å². The van der Waals surface area contributed by atoms with Gasteiger partial charge in [0, 0.05) is 37.6 Å². The van der Waals surface area contributed by atoms with Crippen molar-refractivity contribution in [2.45, 2.75) is 46.0 Å². The van der Waals surface area contributed by atoms with Gasteiger partial charge in [0.05, 0.1) is 17.9 Å². The van der Waals surface area contributed by atoms with Crippen molar-refractivity contribution < 1.29 is 14.3 Å². The number of rotatable bonds is 6. The van der Waals surface area contributed by atoms with Gasteiger partial charge in [-0.1, -0.05) is 19.1 Å². The number of hydrogen-bond donors (Lipinski definition) is 2. The van der Waals surface area contributed by atoms with Crippen molar-refractivity contribution in [1.82, 2.24) is 4.90 Å². The summed E-state index contributed by atoms with van der Waals surface area (Å²) in [5.41, 5.74) is 2.84. The van der Waals surface area contributed by atoms with Crippen LogP contribution >= 0.6 is 0 Å². The van der Waals surface area contributed by atoms with Crippen LogP contribution in [0.15, 0.2) is 42.5 Å². The molecule has 2 fully saturated rings. The fourth-order valence-electron chi connectivity index (χ4n) is 4.71. The van der Waals surface area contributed by atoms with E-state index in [4.69, 9.17) is 4.74 Å². The minimum Gasteiger partial charge on any atom is -0.492 e. The third-order valence-electron chi connectivity index (χ3n) is 6.69. The number of ether oxygens (including phenoxy) is 1. The first-order chi connectivity index (χ1) is 16.5. The van der Waals surface area contributed by atoms with Gasteiger partial charge in [-0.2, -0.15) is 0 Å². The van der Waals surface area contributed by atoms with Gasteiger partial charge in [0.2, 0.25) is 0 Å². The Morgan fingerprint density at radius 2 is 1.71 bits per heavy atom. The van der Waals surface area contributed by atoms with Crippen molar-refractivity contribution in [3.8, 4) is 5.75 Å². The summed E-state index contributed by atoms with van der Waals surface area (Å²) in [5, 5.41) is 5.76. The SMILES string of the molecule is CCOc1ccccc1NC(=O)Nc1ccc(N2CCCCC2)c(C(=O)N2CCC(C)CC2)c1. The molecule has 2 saturated heterocycles. The summed E-state index contributed by atoms with van der Waals surface area (Å²) in [6.45, 7) is 8.14. The van der Waals surface area contributed by atoms with Crippen LogP contribution in [0.2, 0.25) is 0 Å². The largest absolute Gasteiger partial charge is 0.492 e. The highest BCUT2D eigenvalue weighted by molar-refractivity contribution is 6.04. The van der Waals surface area contributed by atoms with Gasteiger partial charge in [0.25, 0.3) is 5.91 Å². The number of benzene rings is 2. The first-order valence-electron chi connectivity index (χ1n) is 12.5. The Kier molecular flexibility index (Phi) is 7.93. The molecule has 182 valence electrons. The third kappa shape index (κ3) is 5.82. The van der Waals surface area contributed by atoms with Crippen LogP contribution in [-0.4, -0.2) is 49.6 Å². The molecule has 0 unspecified atom stereocenters. The van der Waals surface area contributed by atoms with Crippen LogP contribution < -0.4 is 20.3 Å². The van der Waals surface area contributed by atoms with Gasteiger partial charge in [-0.15, -0.1) is 0 Å². The molecule has 0 aromatic heterocycles. The molecule has 2 aromatic carbocycles. The summed E-state index contributed by atoms with van der Waals surface area (Å²) in [6, 6.07) is 12.7. The smallest absolute Gasteiger partial charge is 0.323 e. The van der Waals surface area contributed by atoms with Crippen LogP contribution in [0.5, 0.6) is 5.75 Å². The highest BCUT2D eigenvalue weighted by Gasteiger charge is 2.26. The first kappa shape index (κ1) is 23.9. The van der Waals surface area contributed by atoms with Crippen LogP contribution in [-0.2, 0) is 0 Å². The van der Waals surface area contributed by atoms with Crippen LogP contribution in [0.3, 0.4) is 0 Å². The highest BCUT2D eigenvalue weighted by Crippen LogP contribution is 2.30. The minimum atomic E-state index is -0.372. The quantitative estimate of drug-likeness (QED) is 0.584. The Balaban J connectivity index is 1.54. The van der Waals surface area contributed by atoms with E-state index in [0.717, 1.165) is 57.5 Å². The number of piperidine rings is 2. The molecule has 0 atom stereocenters. The van der Waals surface area contributed by atoms with Crippen LogP contribution in [0.4, 0.5) is 21.9 Å². The van der Waals surface area contributed by atoms with E-state index >= 15 is 0 Å². The van der Waals surface area contributed by atoms with E-state index in [-0.39, 0.29) is 11.9 Å². The van der Waals surface area contributed by atoms with Gasteiger partial charge in [0.1, 0.15) is 5.75 Å². The van der Waals surface area contributed by atoms with Crippen LogP contribution in [0, 0.1) is 5.92 Å². The molecular formula is C27H36N4O3. The summed E-state index contributed by atoms with van der Waals surface area (Å²) in [5.74, 6) is 1.33. The molecule has 3 amide bonds. The molecule has 7 heteroatoms. The van der Waals surface area contributed by atoms with E-state index in [0.29, 0.717) is 35.2 Å². The van der Waals surface area contributed by atoms with Crippen molar-refractivity contribution in [3.63, 3.8) is 0 Å². The summed E-state index contributed by atoms with van der Waals surface area (Å²) in [4.78, 5) is 30.6. The third-order valence-corrected chi connectivity index (χ3v) is 6.69. The normalized spacial score (nSPS) is 16.8. The molecular weight excluding hydrogens is 428 g/mol. The Hall–Kier alpha value is -3.22. The Morgan fingerprint density at radius 1 is 0.971 bits per heavy atom. The van der Waals surface area contributed by atoms with Gasteiger partial charge in [0.15, 0.2) is 0 Å². The molecule has 2 heterocycles. The molecule has 2 aliphatic rings. The fraction of sp³-hybridized carbons (Fsp3) is 0.481. The number of amides is 3. The zero-order chi connectivity index (χ0) is 23.9. The van der Waals surface area contributed by atoms with E-state index in [1.807, 2.05) is 48.2 Å². The maximum absolute atomic E-state index is 13.6. The highest BCUT2D eigenvalue weighted by atomic mass is 16.5. The number of nitrogens with one attached hydrogen (secondary N) is 2. The predicted molar refractivity (Wildman–Crippen MR) is 137 cm³/mol. The van der Waals surface area contributed by atoms with Crippen LogP contribution in [0.25, 0.3) is 0 Å². The summed E-state index contributed by atoms with van der Waals surface area (Å²) < 4.78 is 5.60. The monoisotopic (exact) mass is 464 g/mol. The summed E-state index contributed by atoms with van der Waals surface area (Å²) in [7, 11) is 0. The van der Waals surface area contributed by atoms with Crippen molar-refractivity contribution >= 4 is 29.0 Å². The Morgan fingerprint density at radius 3 is 2.44 bits per heavy atom. The zero-order valence-corrected chi connectivity index (χ0v) is 20.3. The van der Waals surface area contributed by atoms with Crippen LogP contribution in [0.1, 0.15) is 56.3 Å². The summed E-state index contributed by atoms with van der Waals surface area (Å²) in [6.07, 6.45) is 5.56. The van der Waals surface area contributed by atoms with Crippen molar-refractivity contribution in [2.75, 3.05) is 48.3 Å². The minimum absolute atomic E-state index is 0.0539. The van der Waals surface area contributed by atoms with E-state index in [1.54, 1.807) is 6.07 Å². The molecule has 2 N–H and O–H groups in total. The topological polar surface area (TPSA) is 73.9 Å².